The van der Waals surface area contributed by atoms with Crippen molar-refractivity contribution in [1.29, 1.82) is 0 Å². The zero-order valence-corrected chi connectivity index (χ0v) is 15.2. The summed E-state index contributed by atoms with van der Waals surface area (Å²) < 4.78 is 0. The van der Waals surface area contributed by atoms with Gasteiger partial charge in [0.1, 0.15) is 0 Å². The third-order valence-electron chi connectivity index (χ3n) is 6.15. The van der Waals surface area contributed by atoms with Crippen molar-refractivity contribution < 1.29 is 9.90 Å². The Morgan fingerprint density at radius 1 is 1.15 bits per heavy atom. The van der Waals surface area contributed by atoms with E-state index in [0.29, 0.717) is 5.92 Å². The molecule has 0 aliphatic heterocycles. The average Bonchev–Trinajstić information content (AvgIpc) is 3.05. The van der Waals surface area contributed by atoms with Crippen LogP contribution in [0.25, 0.3) is 10.9 Å². The lowest BCUT2D eigenvalue weighted by molar-refractivity contribution is -0.138. The van der Waals surface area contributed by atoms with E-state index in [-0.39, 0.29) is 11.8 Å². The summed E-state index contributed by atoms with van der Waals surface area (Å²) in [6.07, 6.45) is 4.00. The minimum Gasteiger partial charge on any atom is -0.481 e. The molecule has 4 rings (SSSR count). The summed E-state index contributed by atoms with van der Waals surface area (Å²) in [5.74, 6) is -0.282. The molecule has 2 N–H and O–H groups in total. The first-order valence-electron chi connectivity index (χ1n) is 9.50. The quantitative estimate of drug-likeness (QED) is 0.648. The molecule has 0 amide bonds. The standard InChI is InChI=1S/C23H25NO2/c1-2-23(15-20(25)26)13-12-17(14-16-8-4-3-5-9-16)21-18-10-6-7-11-19(18)24-22(21)23/h3-11,17,24H,2,12-15H2,1H3,(H,25,26)/t17-,23?/m0/s1. The minimum absolute atomic E-state index is 0.196. The van der Waals surface area contributed by atoms with Gasteiger partial charge in [0.25, 0.3) is 0 Å². The van der Waals surface area contributed by atoms with Gasteiger partial charge in [0.15, 0.2) is 0 Å². The Labute approximate surface area is 154 Å². The predicted molar refractivity (Wildman–Crippen MR) is 105 cm³/mol. The summed E-state index contributed by atoms with van der Waals surface area (Å²) in [6.45, 7) is 2.12. The topological polar surface area (TPSA) is 53.1 Å². The molecule has 1 aliphatic rings. The number of H-pyrrole nitrogens is 1. The van der Waals surface area contributed by atoms with E-state index in [0.717, 1.165) is 36.9 Å². The van der Waals surface area contributed by atoms with Gasteiger partial charge in [-0.25, -0.2) is 0 Å². The van der Waals surface area contributed by atoms with Gasteiger partial charge in [-0.15, -0.1) is 0 Å². The van der Waals surface area contributed by atoms with Gasteiger partial charge in [-0.2, -0.15) is 0 Å². The van der Waals surface area contributed by atoms with Crippen molar-refractivity contribution >= 4 is 16.9 Å². The highest BCUT2D eigenvalue weighted by Crippen LogP contribution is 2.50. The smallest absolute Gasteiger partial charge is 0.304 e. The first kappa shape index (κ1) is 16.9. The molecular weight excluding hydrogens is 322 g/mol. The fraction of sp³-hybridized carbons (Fsp3) is 0.348. The van der Waals surface area contributed by atoms with E-state index in [2.05, 4.69) is 60.4 Å². The minimum atomic E-state index is -0.710. The first-order valence-corrected chi connectivity index (χ1v) is 9.50. The number of rotatable bonds is 5. The summed E-state index contributed by atoms with van der Waals surface area (Å²) in [5.41, 5.74) is 4.69. The van der Waals surface area contributed by atoms with Crippen molar-refractivity contribution in [3.05, 3.63) is 71.4 Å². The van der Waals surface area contributed by atoms with Crippen molar-refractivity contribution in [3.63, 3.8) is 0 Å². The molecule has 0 spiro atoms. The van der Waals surface area contributed by atoms with Gasteiger partial charge in [0.05, 0.1) is 6.42 Å². The average molecular weight is 347 g/mol. The van der Waals surface area contributed by atoms with Crippen molar-refractivity contribution in [2.45, 2.75) is 50.4 Å². The van der Waals surface area contributed by atoms with Gasteiger partial charge in [-0.05, 0) is 48.8 Å². The highest BCUT2D eigenvalue weighted by molar-refractivity contribution is 5.86. The Balaban J connectivity index is 1.85. The second-order valence-electron chi connectivity index (χ2n) is 7.59. The highest BCUT2D eigenvalue weighted by atomic mass is 16.4. The van der Waals surface area contributed by atoms with E-state index < -0.39 is 5.97 Å². The van der Waals surface area contributed by atoms with Crippen molar-refractivity contribution in [2.75, 3.05) is 0 Å². The Morgan fingerprint density at radius 3 is 2.62 bits per heavy atom. The fourth-order valence-electron chi connectivity index (χ4n) is 4.77. The summed E-state index contributed by atoms with van der Waals surface area (Å²) in [4.78, 5) is 15.2. The number of carboxylic acids is 1. The molecule has 0 saturated heterocycles. The zero-order valence-electron chi connectivity index (χ0n) is 15.2. The lowest BCUT2D eigenvalue weighted by atomic mass is 9.65. The van der Waals surface area contributed by atoms with Crippen LogP contribution in [-0.4, -0.2) is 16.1 Å². The van der Waals surface area contributed by atoms with Crippen LogP contribution in [0.5, 0.6) is 0 Å². The Morgan fingerprint density at radius 2 is 1.88 bits per heavy atom. The van der Waals surface area contributed by atoms with Crippen LogP contribution in [0.3, 0.4) is 0 Å². The molecule has 0 radical (unpaired) electrons. The van der Waals surface area contributed by atoms with E-state index in [1.54, 1.807) is 0 Å². The summed E-state index contributed by atoms with van der Waals surface area (Å²) in [6, 6.07) is 19.0. The number of carbonyl (C=O) groups is 1. The monoisotopic (exact) mass is 347 g/mol. The molecule has 2 aromatic carbocycles. The Kier molecular flexibility index (Phi) is 4.31. The molecular formula is C23H25NO2. The number of para-hydroxylation sites is 1. The van der Waals surface area contributed by atoms with Crippen LogP contribution >= 0.6 is 0 Å². The van der Waals surface area contributed by atoms with Crippen LogP contribution in [0.15, 0.2) is 54.6 Å². The molecule has 3 aromatic rings. The van der Waals surface area contributed by atoms with E-state index in [1.165, 1.54) is 16.5 Å². The number of aromatic nitrogens is 1. The summed E-state index contributed by atoms with van der Waals surface area (Å²) in [7, 11) is 0. The number of carboxylic acid groups (broad SMARTS) is 1. The van der Waals surface area contributed by atoms with Crippen LogP contribution in [0.1, 0.15) is 55.3 Å². The van der Waals surface area contributed by atoms with Crippen molar-refractivity contribution in [2.24, 2.45) is 0 Å². The number of benzene rings is 2. The van der Waals surface area contributed by atoms with Gasteiger partial charge in [-0.3, -0.25) is 4.79 Å². The molecule has 1 aliphatic carbocycles. The normalized spacial score (nSPS) is 22.3. The van der Waals surface area contributed by atoms with Crippen molar-refractivity contribution in [3.8, 4) is 0 Å². The van der Waals surface area contributed by atoms with Gasteiger partial charge in [0, 0.05) is 22.0 Å². The second kappa shape index (κ2) is 6.64. The van der Waals surface area contributed by atoms with Crippen LogP contribution in [0.2, 0.25) is 0 Å². The van der Waals surface area contributed by atoms with Crippen LogP contribution in [0, 0.1) is 0 Å². The molecule has 0 bridgehead atoms. The lowest BCUT2D eigenvalue weighted by Gasteiger charge is -2.39. The summed E-state index contributed by atoms with van der Waals surface area (Å²) in [5, 5.41) is 10.8. The molecule has 0 fully saturated rings. The largest absolute Gasteiger partial charge is 0.481 e. The maximum atomic E-state index is 11.6. The van der Waals surface area contributed by atoms with Gasteiger partial charge < -0.3 is 10.1 Å². The van der Waals surface area contributed by atoms with Crippen LogP contribution in [0.4, 0.5) is 0 Å². The molecule has 134 valence electrons. The van der Waals surface area contributed by atoms with E-state index in [9.17, 15) is 9.90 Å². The molecule has 26 heavy (non-hydrogen) atoms. The summed E-state index contributed by atoms with van der Waals surface area (Å²) >= 11 is 0. The molecule has 3 nitrogen and oxygen atoms in total. The maximum absolute atomic E-state index is 11.6. The molecule has 1 aromatic heterocycles. The van der Waals surface area contributed by atoms with Crippen molar-refractivity contribution in [1.82, 2.24) is 4.98 Å². The van der Waals surface area contributed by atoms with E-state index >= 15 is 0 Å². The second-order valence-corrected chi connectivity index (χ2v) is 7.59. The van der Waals surface area contributed by atoms with Gasteiger partial charge in [-0.1, -0.05) is 55.5 Å². The number of hydrogen-bond donors (Lipinski definition) is 2. The predicted octanol–water partition coefficient (Wildman–Crippen LogP) is 5.41. The first-order chi connectivity index (χ1) is 12.6. The number of fused-ring (bicyclic) bond motifs is 3. The number of aromatic amines is 1. The Bertz CT molecular complexity index is 928. The molecule has 0 saturated carbocycles. The molecule has 1 heterocycles. The van der Waals surface area contributed by atoms with Crippen LogP contribution < -0.4 is 0 Å². The van der Waals surface area contributed by atoms with Gasteiger partial charge in [0.2, 0.25) is 0 Å². The third-order valence-corrected chi connectivity index (χ3v) is 6.15. The molecule has 1 unspecified atom stereocenters. The molecule has 2 atom stereocenters. The fourth-order valence-corrected chi connectivity index (χ4v) is 4.77. The maximum Gasteiger partial charge on any atom is 0.304 e. The Hall–Kier alpha value is -2.55. The van der Waals surface area contributed by atoms with E-state index in [1.807, 2.05) is 6.07 Å². The number of aliphatic carboxylic acids is 1. The number of hydrogen-bond acceptors (Lipinski definition) is 1. The third kappa shape index (κ3) is 2.82. The van der Waals surface area contributed by atoms with Crippen LogP contribution in [-0.2, 0) is 16.6 Å². The zero-order chi connectivity index (χ0) is 18.1. The number of nitrogens with one attached hydrogen (secondary N) is 1. The van der Waals surface area contributed by atoms with Gasteiger partial charge >= 0.3 is 5.97 Å². The lowest BCUT2D eigenvalue weighted by Crippen LogP contribution is -2.34. The van der Waals surface area contributed by atoms with E-state index in [4.69, 9.17) is 0 Å². The highest BCUT2D eigenvalue weighted by Gasteiger charge is 2.42. The molecule has 3 heteroatoms. The SMILES string of the molecule is CCC1(CC(=O)O)CC[C@@H](Cc2ccccc2)c2c1[nH]c1ccccc21.